The van der Waals surface area contributed by atoms with E-state index in [0.717, 1.165) is 49.7 Å². The lowest BCUT2D eigenvalue weighted by Crippen LogP contribution is -2.62. The molecule has 3 saturated carbocycles. The van der Waals surface area contributed by atoms with Gasteiger partial charge in [0.25, 0.3) is 0 Å². The number of carbonyl (C=O) groups is 1. The molecule has 5 aliphatic rings. The highest BCUT2D eigenvalue weighted by Crippen LogP contribution is 2.75. The van der Waals surface area contributed by atoms with Crippen molar-refractivity contribution in [2.24, 2.45) is 33.0 Å². The maximum atomic E-state index is 13.2. The Balaban J connectivity index is 1.60. The second-order valence-electron chi connectivity index (χ2n) is 13.6. The molecule has 4 nitrogen and oxygen atoms in total. The van der Waals surface area contributed by atoms with E-state index < -0.39 is 6.10 Å². The molecule has 0 aliphatic heterocycles. The molecule has 4 heteroatoms. The quantitative estimate of drug-likeness (QED) is 0.421. The van der Waals surface area contributed by atoms with Crippen LogP contribution in [0.4, 0.5) is 0 Å². The van der Waals surface area contributed by atoms with Gasteiger partial charge in [-0.05, 0) is 104 Å². The van der Waals surface area contributed by atoms with Crippen LogP contribution in [0, 0.1) is 33.0 Å². The molecule has 1 amide bonds. The van der Waals surface area contributed by atoms with Crippen LogP contribution in [0.25, 0.3) is 0 Å². The molecule has 0 heterocycles. The number of aliphatic hydroxyl groups is 2. The average molecular weight is 480 g/mol. The monoisotopic (exact) mass is 479 g/mol. The molecule has 0 bridgehead atoms. The van der Waals surface area contributed by atoms with Crippen LogP contribution in [-0.4, -0.2) is 28.8 Å². The lowest BCUT2D eigenvalue weighted by molar-refractivity contribution is -0.169. The molecular formula is C31H45NO3. The summed E-state index contributed by atoms with van der Waals surface area (Å²) in [5.41, 5.74) is 4.50. The molecule has 3 N–H and O–H groups in total. The summed E-state index contributed by atoms with van der Waals surface area (Å²) in [6.07, 6.45) is 13.1. The van der Waals surface area contributed by atoms with Gasteiger partial charge in [-0.1, -0.05) is 52.3 Å². The zero-order valence-electron chi connectivity index (χ0n) is 22.8. The Morgan fingerprint density at radius 1 is 1.03 bits per heavy atom. The number of nitrogens with one attached hydrogen (secondary N) is 1. The van der Waals surface area contributed by atoms with Gasteiger partial charge in [-0.2, -0.15) is 0 Å². The molecular weight excluding hydrogens is 434 g/mol. The molecule has 192 valence electrons. The van der Waals surface area contributed by atoms with Gasteiger partial charge < -0.3 is 15.5 Å². The first-order valence-electron chi connectivity index (χ1n) is 13.8. The standard InChI is InChI=1S/C31H45NO3/c1-8-32-26(35)28(4)12-11-27(3)13-15-30(6)23-10-9-20-19(2)25(34)22(33)17-21(20)29(23,5)14-16-31(30,7)24(27)18-28/h9-10,17,22,24,33-34H,8,11-16,18H2,1-7H3,(H,32,35)/t22?,24-,27-,28-,29+,30-,31+/m1/s1. The van der Waals surface area contributed by atoms with E-state index in [2.05, 4.69) is 52.1 Å². The Kier molecular flexibility index (Phi) is 5.40. The van der Waals surface area contributed by atoms with Gasteiger partial charge in [0.05, 0.1) is 0 Å². The third-order valence-electron chi connectivity index (χ3n) is 11.9. The summed E-state index contributed by atoms with van der Waals surface area (Å²) in [6, 6.07) is 0. The van der Waals surface area contributed by atoms with Crippen molar-refractivity contribution in [3.63, 3.8) is 0 Å². The third-order valence-corrected chi connectivity index (χ3v) is 11.9. The predicted molar refractivity (Wildman–Crippen MR) is 141 cm³/mol. The molecule has 7 atom stereocenters. The molecule has 0 aromatic carbocycles. The summed E-state index contributed by atoms with van der Waals surface area (Å²) in [4.78, 5) is 13.2. The summed E-state index contributed by atoms with van der Waals surface area (Å²) >= 11 is 0. The van der Waals surface area contributed by atoms with Crippen molar-refractivity contribution in [2.45, 2.75) is 99.5 Å². The van der Waals surface area contributed by atoms with Crippen LogP contribution in [0.15, 0.2) is 46.3 Å². The normalized spacial score (nSPS) is 46.8. The Morgan fingerprint density at radius 3 is 2.40 bits per heavy atom. The van der Waals surface area contributed by atoms with Gasteiger partial charge in [-0.15, -0.1) is 0 Å². The van der Waals surface area contributed by atoms with E-state index >= 15 is 0 Å². The molecule has 0 spiro atoms. The second kappa shape index (κ2) is 7.60. The lowest BCUT2D eigenvalue weighted by Gasteiger charge is -2.70. The van der Waals surface area contributed by atoms with Crippen molar-refractivity contribution in [3.05, 3.63) is 46.3 Å². The molecule has 5 rings (SSSR count). The van der Waals surface area contributed by atoms with E-state index in [1.165, 1.54) is 17.6 Å². The molecule has 0 aromatic rings. The van der Waals surface area contributed by atoms with Gasteiger partial charge in [0.2, 0.25) is 5.91 Å². The minimum atomic E-state index is -0.926. The third kappa shape index (κ3) is 3.11. The first kappa shape index (κ1) is 24.9. The lowest BCUT2D eigenvalue weighted by atomic mass is 9.34. The van der Waals surface area contributed by atoms with E-state index in [1.54, 1.807) is 0 Å². The van der Waals surface area contributed by atoms with E-state index in [9.17, 15) is 15.0 Å². The maximum Gasteiger partial charge on any atom is 0.225 e. The van der Waals surface area contributed by atoms with Crippen LogP contribution in [0.5, 0.6) is 0 Å². The van der Waals surface area contributed by atoms with Crippen LogP contribution in [0.3, 0.4) is 0 Å². The summed E-state index contributed by atoms with van der Waals surface area (Å²) in [5.74, 6) is 0.793. The highest BCUT2D eigenvalue weighted by molar-refractivity contribution is 5.82. The van der Waals surface area contributed by atoms with Gasteiger partial charge in [0.1, 0.15) is 11.9 Å². The second-order valence-corrected chi connectivity index (χ2v) is 13.6. The fraction of sp³-hybridized carbons (Fsp3) is 0.710. The van der Waals surface area contributed by atoms with Crippen molar-refractivity contribution >= 4 is 5.91 Å². The van der Waals surface area contributed by atoms with Crippen molar-refractivity contribution in [3.8, 4) is 0 Å². The largest absolute Gasteiger partial charge is 0.509 e. The fourth-order valence-electron chi connectivity index (χ4n) is 9.16. The van der Waals surface area contributed by atoms with E-state index in [-0.39, 0.29) is 38.7 Å². The number of rotatable bonds is 2. The summed E-state index contributed by atoms with van der Waals surface area (Å²) in [6.45, 7) is 16.7. The van der Waals surface area contributed by atoms with Gasteiger partial charge in [-0.3, -0.25) is 4.79 Å². The number of amides is 1. The van der Waals surface area contributed by atoms with Gasteiger partial charge in [-0.25, -0.2) is 0 Å². The number of hydrogen-bond donors (Lipinski definition) is 3. The topological polar surface area (TPSA) is 69.6 Å². The zero-order chi connectivity index (χ0) is 25.6. The number of fused-ring (bicyclic) bond motifs is 7. The highest BCUT2D eigenvalue weighted by atomic mass is 16.3. The molecule has 1 unspecified atom stereocenters. The first-order chi connectivity index (χ1) is 16.3. The molecule has 0 saturated heterocycles. The van der Waals surface area contributed by atoms with Gasteiger partial charge in [0, 0.05) is 17.4 Å². The molecule has 5 aliphatic carbocycles. The number of hydrogen-bond acceptors (Lipinski definition) is 3. The highest BCUT2D eigenvalue weighted by Gasteiger charge is 2.67. The number of carbonyl (C=O) groups excluding carboxylic acids is 1. The van der Waals surface area contributed by atoms with E-state index in [4.69, 9.17) is 0 Å². The van der Waals surface area contributed by atoms with E-state index in [0.29, 0.717) is 12.5 Å². The van der Waals surface area contributed by atoms with Crippen LogP contribution in [-0.2, 0) is 4.79 Å². The SMILES string of the molecule is CCNC(=O)[C@]1(C)CC[C@]2(C)CC[C@]3(C)C4=CC=C5C(=CC(O)C(O)=C5C)[C@]4(C)CC[C@@]3(C)[C@@H]2C1. The van der Waals surface area contributed by atoms with Crippen LogP contribution >= 0.6 is 0 Å². The van der Waals surface area contributed by atoms with Crippen molar-refractivity contribution in [2.75, 3.05) is 6.54 Å². The molecule has 3 fully saturated rings. The number of aliphatic hydroxyl groups excluding tert-OH is 2. The minimum absolute atomic E-state index is 0.0224. The molecule has 0 radical (unpaired) electrons. The Labute approximate surface area is 211 Å². The Hall–Kier alpha value is -1.81. The zero-order valence-corrected chi connectivity index (χ0v) is 22.8. The first-order valence-corrected chi connectivity index (χ1v) is 13.8. The Bertz CT molecular complexity index is 1100. The average Bonchev–Trinajstić information content (AvgIpc) is 2.81. The summed E-state index contributed by atoms with van der Waals surface area (Å²) < 4.78 is 0. The van der Waals surface area contributed by atoms with Crippen molar-refractivity contribution < 1.29 is 15.0 Å². The van der Waals surface area contributed by atoms with E-state index in [1.807, 2.05) is 19.9 Å². The Morgan fingerprint density at radius 2 is 1.71 bits per heavy atom. The van der Waals surface area contributed by atoms with Crippen molar-refractivity contribution in [1.29, 1.82) is 0 Å². The van der Waals surface area contributed by atoms with Crippen molar-refractivity contribution in [1.82, 2.24) is 5.32 Å². The van der Waals surface area contributed by atoms with Gasteiger partial charge in [0.15, 0.2) is 0 Å². The van der Waals surface area contributed by atoms with Crippen LogP contribution in [0.1, 0.15) is 93.4 Å². The maximum absolute atomic E-state index is 13.2. The number of allylic oxidation sites excluding steroid dienone is 6. The fourth-order valence-corrected chi connectivity index (χ4v) is 9.16. The van der Waals surface area contributed by atoms with Crippen LogP contribution < -0.4 is 5.32 Å². The van der Waals surface area contributed by atoms with Crippen LogP contribution in [0.2, 0.25) is 0 Å². The minimum Gasteiger partial charge on any atom is -0.509 e. The smallest absolute Gasteiger partial charge is 0.225 e. The van der Waals surface area contributed by atoms with Gasteiger partial charge >= 0.3 is 0 Å². The molecule has 35 heavy (non-hydrogen) atoms. The predicted octanol–water partition coefficient (Wildman–Crippen LogP) is 6.54. The molecule has 0 aromatic heterocycles. The summed E-state index contributed by atoms with van der Waals surface area (Å²) in [7, 11) is 0. The summed E-state index contributed by atoms with van der Waals surface area (Å²) in [5, 5.41) is 24.2.